The van der Waals surface area contributed by atoms with Gasteiger partial charge in [0.15, 0.2) is 0 Å². The number of rotatable bonds is 4. The van der Waals surface area contributed by atoms with E-state index in [1.165, 1.54) is 12.1 Å². The van der Waals surface area contributed by atoms with Crippen molar-refractivity contribution in [1.82, 2.24) is 10.6 Å². The third-order valence-corrected chi connectivity index (χ3v) is 2.32. The molecule has 0 aliphatic heterocycles. The Morgan fingerprint density at radius 3 is 2.10 bits per heavy atom. The van der Waals surface area contributed by atoms with E-state index in [9.17, 15) is 9.59 Å². The average molecular weight is 294 g/mol. The van der Waals surface area contributed by atoms with Crippen LogP contribution in [0.5, 0.6) is 0 Å². The number of carbonyl (C=O) groups excluding carboxylic acids is 2. The Morgan fingerprint density at radius 2 is 1.57 bits per heavy atom. The maximum atomic E-state index is 11.9. The Morgan fingerprint density at radius 1 is 1.05 bits per heavy atom. The van der Waals surface area contributed by atoms with E-state index in [4.69, 9.17) is 16.2 Å². The van der Waals surface area contributed by atoms with Crippen LogP contribution in [0.25, 0.3) is 0 Å². The molecule has 0 heterocycles. The van der Waals surface area contributed by atoms with Gasteiger partial charge in [0.1, 0.15) is 5.60 Å². The SMILES string of the molecule is CC(C)(C)OC(=O)NCCNC(=O)c1cc(N)cc(N)c1. The van der Waals surface area contributed by atoms with Crippen LogP contribution in [0, 0.1) is 0 Å². The van der Waals surface area contributed by atoms with Crippen LogP contribution in [0.2, 0.25) is 0 Å². The summed E-state index contributed by atoms with van der Waals surface area (Å²) in [6.45, 7) is 5.86. The Kier molecular flexibility index (Phi) is 5.40. The molecule has 0 unspecified atom stereocenters. The molecule has 6 N–H and O–H groups in total. The van der Waals surface area contributed by atoms with Crippen molar-refractivity contribution in [2.45, 2.75) is 26.4 Å². The van der Waals surface area contributed by atoms with Gasteiger partial charge in [0.2, 0.25) is 0 Å². The van der Waals surface area contributed by atoms with Crippen molar-refractivity contribution in [2.24, 2.45) is 0 Å². The van der Waals surface area contributed by atoms with Crippen LogP contribution in [-0.2, 0) is 4.74 Å². The number of carbonyl (C=O) groups is 2. The number of ether oxygens (including phenoxy) is 1. The molecular weight excluding hydrogens is 272 g/mol. The Balaban J connectivity index is 2.36. The molecule has 116 valence electrons. The summed E-state index contributed by atoms with van der Waals surface area (Å²) in [4.78, 5) is 23.2. The van der Waals surface area contributed by atoms with Gasteiger partial charge in [0.25, 0.3) is 5.91 Å². The molecule has 0 aliphatic carbocycles. The highest BCUT2D eigenvalue weighted by Gasteiger charge is 2.15. The van der Waals surface area contributed by atoms with Gasteiger partial charge in [-0.3, -0.25) is 4.79 Å². The molecule has 0 saturated carbocycles. The predicted octanol–water partition coefficient (Wildman–Crippen LogP) is 1.11. The topological polar surface area (TPSA) is 119 Å². The van der Waals surface area contributed by atoms with Crippen molar-refractivity contribution in [2.75, 3.05) is 24.6 Å². The number of hydrogen-bond donors (Lipinski definition) is 4. The van der Waals surface area contributed by atoms with Crippen LogP contribution >= 0.6 is 0 Å². The first-order valence-electron chi connectivity index (χ1n) is 6.58. The number of amides is 2. The molecule has 1 aromatic carbocycles. The minimum absolute atomic E-state index is 0.262. The van der Waals surface area contributed by atoms with Gasteiger partial charge in [-0.05, 0) is 39.0 Å². The molecule has 0 spiro atoms. The number of anilines is 2. The molecule has 0 aliphatic rings. The van der Waals surface area contributed by atoms with E-state index < -0.39 is 11.7 Å². The van der Waals surface area contributed by atoms with E-state index in [-0.39, 0.29) is 19.0 Å². The first kappa shape index (κ1) is 16.6. The Labute approximate surface area is 124 Å². The summed E-state index contributed by atoms with van der Waals surface area (Å²) in [5.41, 5.74) is 11.9. The zero-order valence-electron chi connectivity index (χ0n) is 12.5. The molecule has 0 aromatic heterocycles. The van der Waals surface area contributed by atoms with Crippen LogP contribution < -0.4 is 22.1 Å². The van der Waals surface area contributed by atoms with Crippen molar-refractivity contribution in [1.29, 1.82) is 0 Å². The lowest BCUT2D eigenvalue weighted by Crippen LogP contribution is -2.37. The summed E-state index contributed by atoms with van der Waals surface area (Å²) in [5, 5.41) is 5.19. The number of alkyl carbamates (subject to hydrolysis) is 1. The van der Waals surface area contributed by atoms with Gasteiger partial charge in [-0.15, -0.1) is 0 Å². The van der Waals surface area contributed by atoms with E-state index in [1.807, 2.05) is 0 Å². The average Bonchev–Trinajstić information content (AvgIpc) is 2.31. The molecule has 0 saturated heterocycles. The molecule has 0 fully saturated rings. The fraction of sp³-hybridized carbons (Fsp3) is 0.429. The molecule has 0 bridgehead atoms. The first-order valence-corrected chi connectivity index (χ1v) is 6.58. The lowest BCUT2D eigenvalue weighted by atomic mass is 10.1. The van der Waals surface area contributed by atoms with Gasteiger partial charge in [-0.2, -0.15) is 0 Å². The van der Waals surface area contributed by atoms with Crippen LogP contribution in [0.15, 0.2) is 18.2 Å². The number of hydrogen-bond acceptors (Lipinski definition) is 5. The number of nitrogens with one attached hydrogen (secondary N) is 2. The largest absolute Gasteiger partial charge is 0.444 e. The molecule has 7 heteroatoms. The van der Waals surface area contributed by atoms with Gasteiger partial charge < -0.3 is 26.8 Å². The van der Waals surface area contributed by atoms with Gasteiger partial charge in [0.05, 0.1) is 0 Å². The molecule has 2 amide bonds. The minimum Gasteiger partial charge on any atom is -0.444 e. The number of nitrogen functional groups attached to an aromatic ring is 2. The molecule has 0 atom stereocenters. The Hall–Kier alpha value is -2.44. The quantitative estimate of drug-likeness (QED) is 0.490. The van der Waals surface area contributed by atoms with Crippen molar-refractivity contribution >= 4 is 23.4 Å². The Bertz CT molecular complexity index is 503. The zero-order valence-corrected chi connectivity index (χ0v) is 12.5. The predicted molar refractivity (Wildman–Crippen MR) is 81.8 cm³/mol. The maximum absolute atomic E-state index is 11.9. The van der Waals surface area contributed by atoms with E-state index in [0.717, 1.165) is 0 Å². The van der Waals surface area contributed by atoms with Crippen molar-refractivity contribution in [3.8, 4) is 0 Å². The third kappa shape index (κ3) is 6.51. The van der Waals surface area contributed by atoms with E-state index in [0.29, 0.717) is 16.9 Å². The smallest absolute Gasteiger partial charge is 0.407 e. The fourth-order valence-corrected chi connectivity index (χ4v) is 1.56. The van der Waals surface area contributed by atoms with Crippen LogP contribution in [0.3, 0.4) is 0 Å². The summed E-state index contributed by atoms with van der Waals surface area (Å²) in [6.07, 6.45) is -0.523. The third-order valence-electron chi connectivity index (χ3n) is 2.32. The second kappa shape index (κ2) is 6.83. The monoisotopic (exact) mass is 294 g/mol. The minimum atomic E-state index is -0.549. The fourth-order valence-electron chi connectivity index (χ4n) is 1.56. The highest BCUT2D eigenvalue weighted by atomic mass is 16.6. The second-order valence-electron chi connectivity index (χ2n) is 5.57. The molecule has 1 aromatic rings. The van der Waals surface area contributed by atoms with E-state index in [2.05, 4.69) is 10.6 Å². The summed E-state index contributed by atoms with van der Waals surface area (Å²) < 4.78 is 5.07. The van der Waals surface area contributed by atoms with E-state index in [1.54, 1.807) is 26.8 Å². The molecule has 1 rings (SSSR count). The highest BCUT2D eigenvalue weighted by molar-refractivity contribution is 5.96. The van der Waals surface area contributed by atoms with Crippen LogP contribution in [0.1, 0.15) is 31.1 Å². The molecule has 21 heavy (non-hydrogen) atoms. The van der Waals surface area contributed by atoms with Crippen molar-refractivity contribution in [3.05, 3.63) is 23.8 Å². The van der Waals surface area contributed by atoms with Gasteiger partial charge >= 0.3 is 6.09 Å². The van der Waals surface area contributed by atoms with Crippen LogP contribution in [0.4, 0.5) is 16.2 Å². The lowest BCUT2D eigenvalue weighted by molar-refractivity contribution is 0.0526. The van der Waals surface area contributed by atoms with E-state index >= 15 is 0 Å². The normalized spacial score (nSPS) is 10.8. The van der Waals surface area contributed by atoms with Gasteiger partial charge in [0, 0.05) is 30.0 Å². The summed E-state index contributed by atoms with van der Waals surface area (Å²) in [6, 6.07) is 4.64. The van der Waals surface area contributed by atoms with Gasteiger partial charge in [-0.25, -0.2) is 4.79 Å². The van der Waals surface area contributed by atoms with Gasteiger partial charge in [-0.1, -0.05) is 0 Å². The second-order valence-corrected chi connectivity index (χ2v) is 5.57. The lowest BCUT2D eigenvalue weighted by Gasteiger charge is -2.19. The molecular formula is C14H22N4O3. The first-order chi connectivity index (χ1) is 9.67. The number of nitrogens with two attached hydrogens (primary N) is 2. The summed E-state index contributed by atoms with van der Waals surface area (Å²) >= 11 is 0. The number of benzene rings is 1. The van der Waals surface area contributed by atoms with Crippen molar-refractivity contribution < 1.29 is 14.3 Å². The zero-order chi connectivity index (χ0) is 16.0. The summed E-state index contributed by atoms with van der Waals surface area (Å²) in [7, 11) is 0. The summed E-state index contributed by atoms with van der Waals surface area (Å²) in [5.74, 6) is -0.306. The van der Waals surface area contributed by atoms with Crippen LogP contribution in [-0.4, -0.2) is 30.7 Å². The molecule has 7 nitrogen and oxygen atoms in total. The highest BCUT2D eigenvalue weighted by Crippen LogP contribution is 2.13. The standard InChI is InChI=1S/C14H22N4O3/c1-14(2,3)21-13(20)18-5-4-17-12(19)9-6-10(15)8-11(16)7-9/h6-8H,4-5,15-16H2,1-3H3,(H,17,19)(H,18,20). The maximum Gasteiger partial charge on any atom is 0.407 e. The van der Waals surface area contributed by atoms with Crippen molar-refractivity contribution in [3.63, 3.8) is 0 Å². The molecule has 0 radical (unpaired) electrons.